The maximum absolute atomic E-state index is 13.2. The lowest BCUT2D eigenvalue weighted by atomic mass is 9.81. The van der Waals surface area contributed by atoms with Gasteiger partial charge in [0, 0.05) is 42.8 Å². The summed E-state index contributed by atoms with van der Waals surface area (Å²) in [6, 6.07) is 8.85. The van der Waals surface area contributed by atoms with E-state index in [1.807, 2.05) is 22.6 Å². The summed E-state index contributed by atoms with van der Waals surface area (Å²) in [6.45, 7) is 3.81. The summed E-state index contributed by atoms with van der Waals surface area (Å²) >= 11 is 1.94. The summed E-state index contributed by atoms with van der Waals surface area (Å²) in [5, 5.41) is 4.42. The Balaban J connectivity index is 1.51. The first-order valence-electron chi connectivity index (χ1n) is 9.73. The highest BCUT2D eigenvalue weighted by atomic mass is 32.2. The maximum atomic E-state index is 13.2. The molecule has 0 N–H and O–H groups in total. The predicted molar refractivity (Wildman–Crippen MR) is 106 cm³/mol. The number of thioether (sulfide) groups is 1. The highest BCUT2D eigenvalue weighted by molar-refractivity contribution is 7.99. The lowest BCUT2D eigenvalue weighted by molar-refractivity contribution is -0.133. The minimum absolute atomic E-state index is 0.167. The van der Waals surface area contributed by atoms with Crippen LogP contribution < -0.4 is 0 Å². The Labute approximate surface area is 160 Å². The Morgan fingerprint density at radius 3 is 3.08 bits per heavy atom. The average molecular weight is 370 g/mol. The number of aromatic nitrogens is 2. The molecular formula is C21H27N3OS. The number of nitrogens with zero attached hydrogens (tertiary/aromatic N) is 3. The summed E-state index contributed by atoms with van der Waals surface area (Å²) in [5.41, 5.74) is 4.01. The lowest BCUT2D eigenvalue weighted by Crippen LogP contribution is -2.41. The molecule has 2 aromatic rings. The molecule has 1 aliphatic carbocycles. The molecule has 1 aromatic carbocycles. The molecule has 4 nitrogen and oxygen atoms in total. The topological polar surface area (TPSA) is 38.1 Å². The van der Waals surface area contributed by atoms with Crippen molar-refractivity contribution in [2.24, 2.45) is 0 Å². The van der Waals surface area contributed by atoms with Gasteiger partial charge in [-0.15, -0.1) is 0 Å². The summed E-state index contributed by atoms with van der Waals surface area (Å²) < 4.78 is 1.95. The second-order valence-electron chi connectivity index (χ2n) is 7.30. The molecule has 1 saturated heterocycles. The first-order chi connectivity index (χ1) is 12.8. The van der Waals surface area contributed by atoms with Crippen molar-refractivity contribution in [1.29, 1.82) is 0 Å². The number of carbonyl (C=O) groups is 1. The van der Waals surface area contributed by atoms with Crippen molar-refractivity contribution >= 4 is 17.7 Å². The number of aryl methyl sites for hydroxylation is 2. The Bertz CT molecular complexity index is 772. The summed E-state index contributed by atoms with van der Waals surface area (Å²) in [5.74, 6) is 2.69. The van der Waals surface area contributed by atoms with Crippen molar-refractivity contribution in [3.63, 3.8) is 0 Å². The van der Waals surface area contributed by atoms with Crippen LogP contribution in [0.2, 0.25) is 0 Å². The first-order valence-corrected chi connectivity index (χ1v) is 10.9. The number of rotatable bonds is 4. The van der Waals surface area contributed by atoms with Gasteiger partial charge >= 0.3 is 0 Å². The largest absolute Gasteiger partial charge is 0.334 e. The molecule has 26 heavy (non-hydrogen) atoms. The average Bonchev–Trinajstić information content (AvgIpc) is 3.17. The molecule has 0 radical (unpaired) electrons. The third-order valence-electron chi connectivity index (χ3n) is 5.73. The van der Waals surface area contributed by atoms with Crippen molar-refractivity contribution in [3.05, 3.63) is 53.3 Å². The van der Waals surface area contributed by atoms with Crippen LogP contribution in [0.5, 0.6) is 0 Å². The molecular weight excluding hydrogens is 342 g/mol. The van der Waals surface area contributed by atoms with E-state index in [1.54, 1.807) is 0 Å². The first kappa shape index (κ1) is 17.7. The number of carbonyl (C=O) groups excluding carboxylic acids is 1. The second-order valence-corrected chi connectivity index (χ2v) is 8.45. The molecule has 4 rings (SSSR count). The lowest BCUT2D eigenvalue weighted by Gasteiger charge is -2.36. The van der Waals surface area contributed by atoms with Gasteiger partial charge in [0.05, 0.1) is 12.2 Å². The Hall–Kier alpha value is -1.75. The highest BCUT2D eigenvalue weighted by Gasteiger charge is 2.31. The standard InChI is InChI=1S/C21H27N3OS/c1-2-23-14-18(13-22-23)20-15-26-11-10-24(20)21(25)12-17-8-5-7-16-6-3-4-9-19(16)17/h3-4,6,9,13-14,17,20H,2,5,7-8,10-12,15H2,1H3. The number of benzene rings is 1. The van der Waals surface area contributed by atoms with Crippen molar-refractivity contribution in [2.45, 2.75) is 51.1 Å². The van der Waals surface area contributed by atoms with Gasteiger partial charge in [-0.2, -0.15) is 16.9 Å². The maximum Gasteiger partial charge on any atom is 0.223 e. The molecule has 0 bridgehead atoms. The number of hydrogen-bond donors (Lipinski definition) is 0. The molecule has 1 aliphatic heterocycles. The van der Waals surface area contributed by atoms with Gasteiger partial charge in [-0.1, -0.05) is 24.3 Å². The fourth-order valence-corrected chi connectivity index (χ4v) is 5.39. The van der Waals surface area contributed by atoms with E-state index in [4.69, 9.17) is 0 Å². The van der Waals surface area contributed by atoms with E-state index in [1.165, 1.54) is 23.1 Å². The van der Waals surface area contributed by atoms with Crippen molar-refractivity contribution in [1.82, 2.24) is 14.7 Å². The van der Waals surface area contributed by atoms with E-state index in [0.29, 0.717) is 18.2 Å². The van der Waals surface area contributed by atoms with Crippen LogP contribution in [0.1, 0.15) is 54.8 Å². The quantitative estimate of drug-likeness (QED) is 0.817. The molecule has 1 fully saturated rings. The molecule has 1 amide bonds. The third-order valence-corrected chi connectivity index (χ3v) is 6.75. The van der Waals surface area contributed by atoms with E-state index in [2.05, 4.69) is 47.4 Å². The van der Waals surface area contributed by atoms with E-state index < -0.39 is 0 Å². The number of fused-ring (bicyclic) bond motifs is 1. The van der Waals surface area contributed by atoms with Crippen LogP contribution in [0, 0.1) is 0 Å². The van der Waals surface area contributed by atoms with Gasteiger partial charge in [0.25, 0.3) is 0 Å². The Morgan fingerprint density at radius 2 is 2.23 bits per heavy atom. The zero-order valence-electron chi connectivity index (χ0n) is 15.4. The van der Waals surface area contributed by atoms with E-state index in [0.717, 1.165) is 37.4 Å². The van der Waals surface area contributed by atoms with E-state index >= 15 is 0 Å². The van der Waals surface area contributed by atoms with E-state index in [9.17, 15) is 4.79 Å². The number of amides is 1. The Kier molecular flexibility index (Phi) is 5.34. The smallest absolute Gasteiger partial charge is 0.223 e. The van der Waals surface area contributed by atoms with Crippen LogP contribution in [-0.4, -0.2) is 38.6 Å². The fraction of sp³-hybridized carbons (Fsp3) is 0.524. The molecule has 1 aromatic heterocycles. The van der Waals surface area contributed by atoms with Crippen LogP contribution in [0.25, 0.3) is 0 Å². The third kappa shape index (κ3) is 3.54. The normalized spacial score (nSPS) is 22.9. The molecule has 2 heterocycles. The second kappa shape index (κ2) is 7.87. The van der Waals surface area contributed by atoms with Crippen LogP contribution in [-0.2, 0) is 17.8 Å². The molecule has 5 heteroatoms. The van der Waals surface area contributed by atoms with Crippen LogP contribution in [0.4, 0.5) is 0 Å². The summed E-state index contributed by atoms with van der Waals surface area (Å²) in [7, 11) is 0. The van der Waals surface area contributed by atoms with Gasteiger partial charge in [0.2, 0.25) is 5.91 Å². The Morgan fingerprint density at radius 1 is 1.35 bits per heavy atom. The number of hydrogen-bond acceptors (Lipinski definition) is 3. The highest BCUT2D eigenvalue weighted by Crippen LogP contribution is 2.36. The minimum atomic E-state index is 0.167. The van der Waals surface area contributed by atoms with Crippen molar-refractivity contribution in [3.8, 4) is 0 Å². The van der Waals surface area contributed by atoms with E-state index in [-0.39, 0.29) is 6.04 Å². The summed E-state index contributed by atoms with van der Waals surface area (Å²) in [4.78, 5) is 15.3. The van der Waals surface area contributed by atoms with Crippen LogP contribution in [0.15, 0.2) is 36.7 Å². The minimum Gasteiger partial charge on any atom is -0.334 e. The fourth-order valence-electron chi connectivity index (χ4n) is 4.30. The molecule has 2 atom stereocenters. The molecule has 0 spiro atoms. The van der Waals surface area contributed by atoms with Crippen LogP contribution in [0.3, 0.4) is 0 Å². The van der Waals surface area contributed by atoms with Crippen LogP contribution >= 0.6 is 11.8 Å². The molecule has 2 aliphatic rings. The summed E-state index contributed by atoms with van der Waals surface area (Å²) in [6.07, 6.45) is 8.16. The SMILES string of the molecule is CCn1cc(C2CSCCN2C(=O)CC2CCCc3ccccc32)cn1. The van der Waals surface area contributed by atoms with Gasteiger partial charge in [-0.3, -0.25) is 9.48 Å². The van der Waals surface area contributed by atoms with Crippen molar-refractivity contribution < 1.29 is 4.79 Å². The zero-order valence-corrected chi connectivity index (χ0v) is 16.3. The van der Waals surface area contributed by atoms with Gasteiger partial charge in [0.1, 0.15) is 0 Å². The molecule has 138 valence electrons. The van der Waals surface area contributed by atoms with Gasteiger partial charge < -0.3 is 4.90 Å². The molecule has 2 unspecified atom stereocenters. The monoisotopic (exact) mass is 369 g/mol. The van der Waals surface area contributed by atoms with Crippen molar-refractivity contribution in [2.75, 3.05) is 18.1 Å². The molecule has 0 saturated carbocycles. The van der Waals surface area contributed by atoms with Gasteiger partial charge in [0.15, 0.2) is 0 Å². The van der Waals surface area contributed by atoms with Gasteiger partial charge in [-0.25, -0.2) is 0 Å². The van der Waals surface area contributed by atoms with Gasteiger partial charge in [-0.05, 0) is 43.2 Å². The zero-order chi connectivity index (χ0) is 17.9. The predicted octanol–water partition coefficient (Wildman–Crippen LogP) is 4.03.